The van der Waals surface area contributed by atoms with Crippen LogP contribution in [0.3, 0.4) is 0 Å². The predicted molar refractivity (Wildman–Crippen MR) is 67.1 cm³/mol. The van der Waals surface area contributed by atoms with Crippen LogP contribution in [0.2, 0.25) is 0 Å². The summed E-state index contributed by atoms with van der Waals surface area (Å²) in [5.74, 6) is 2.53. The molecule has 0 spiro atoms. The topological polar surface area (TPSA) is 34.0 Å². The number of rotatable bonds is 2. The van der Waals surface area contributed by atoms with E-state index in [1.54, 1.807) is 0 Å². The Balaban J connectivity index is 1.86. The number of nitrogens with zero attached hydrogens (tertiary/aromatic N) is 4. The fourth-order valence-corrected chi connectivity index (χ4v) is 2.24. The van der Waals surface area contributed by atoms with Crippen molar-refractivity contribution >= 4 is 17.4 Å². The molecule has 0 atom stereocenters. The molecule has 0 saturated carbocycles. The molecule has 0 unspecified atom stereocenters. The first-order valence-electron chi connectivity index (χ1n) is 5.63. The fraction of sp³-hybridized carbons (Fsp3) is 0.333. The molecular formula is C12H13ClN4. The molecule has 0 N–H and O–H groups in total. The van der Waals surface area contributed by atoms with Crippen LogP contribution < -0.4 is 4.90 Å². The maximum atomic E-state index is 5.80. The molecule has 2 aromatic rings. The Morgan fingerprint density at radius 2 is 2.24 bits per heavy atom. The molecule has 1 aliphatic rings. The second-order valence-corrected chi connectivity index (χ2v) is 4.35. The molecule has 0 amide bonds. The summed E-state index contributed by atoms with van der Waals surface area (Å²) in [6, 6.07) is 5.97. The molecule has 0 radical (unpaired) electrons. The summed E-state index contributed by atoms with van der Waals surface area (Å²) in [4.78, 5) is 11.1. The first-order chi connectivity index (χ1) is 8.36. The Hall–Kier alpha value is -1.55. The predicted octanol–water partition coefficient (Wildman–Crippen LogP) is 2.04. The summed E-state index contributed by atoms with van der Waals surface area (Å²) in [5.41, 5.74) is 0.915. The maximum absolute atomic E-state index is 5.80. The van der Waals surface area contributed by atoms with Gasteiger partial charge in [-0.2, -0.15) is 0 Å². The van der Waals surface area contributed by atoms with Crippen LogP contribution in [0.25, 0.3) is 0 Å². The van der Waals surface area contributed by atoms with Gasteiger partial charge in [0.2, 0.25) is 0 Å². The summed E-state index contributed by atoms with van der Waals surface area (Å²) in [6.07, 6.45) is 3.87. The molecule has 1 aliphatic heterocycles. The molecule has 2 aromatic heterocycles. The third kappa shape index (κ3) is 2.00. The van der Waals surface area contributed by atoms with E-state index in [2.05, 4.69) is 19.4 Å². The van der Waals surface area contributed by atoms with Gasteiger partial charge in [0.25, 0.3) is 0 Å². The summed E-state index contributed by atoms with van der Waals surface area (Å²) in [7, 11) is 0. The zero-order valence-corrected chi connectivity index (χ0v) is 10.1. The number of hydrogen-bond acceptors (Lipinski definition) is 3. The Bertz CT molecular complexity index is 523. The lowest BCUT2D eigenvalue weighted by Gasteiger charge is -2.28. The number of aromatic nitrogens is 3. The van der Waals surface area contributed by atoms with Crippen molar-refractivity contribution in [3.05, 3.63) is 42.1 Å². The van der Waals surface area contributed by atoms with Crippen molar-refractivity contribution in [1.29, 1.82) is 0 Å². The molecule has 5 heteroatoms. The minimum absolute atomic E-state index is 0.455. The second-order valence-electron chi connectivity index (χ2n) is 4.08. The van der Waals surface area contributed by atoms with Gasteiger partial charge in [-0.15, -0.1) is 11.6 Å². The number of pyridine rings is 1. The number of fused-ring (bicyclic) bond motifs is 1. The van der Waals surface area contributed by atoms with Crippen molar-refractivity contribution in [2.24, 2.45) is 0 Å². The van der Waals surface area contributed by atoms with Gasteiger partial charge in [-0.3, -0.25) is 0 Å². The largest absolute Gasteiger partial charge is 0.347 e. The Morgan fingerprint density at radius 3 is 3.12 bits per heavy atom. The summed E-state index contributed by atoms with van der Waals surface area (Å²) in [6.45, 7) is 2.73. The third-order valence-corrected chi connectivity index (χ3v) is 3.27. The second kappa shape index (κ2) is 4.37. The van der Waals surface area contributed by atoms with Crippen molar-refractivity contribution < 1.29 is 0 Å². The molecule has 0 saturated heterocycles. The van der Waals surface area contributed by atoms with Crippen molar-refractivity contribution in [2.45, 2.75) is 19.0 Å². The van der Waals surface area contributed by atoms with Crippen LogP contribution >= 0.6 is 11.6 Å². The third-order valence-electron chi connectivity index (χ3n) is 3.00. The average Bonchev–Trinajstić information content (AvgIpc) is 2.86. The van der Waals surface area contributed by atoms with Crippen molar-refractivity contribution in [3.8, 4) is 0 Å². The van der Waals surface area contributed by atoms with Gasteiger partial charge in [0.1, 0.15) is 11.6 Å². The van der Waals surface area contributed by atoms with E-state index in [0.717, 1.165) is 37.0 Å². The van der Waals surface area contributed by atoms with E-state index in [1.165, 1.54) is 0 Å². The Kier molecular flexibility index (Phi) is 2.73. The zero-order valence-electron chi connectivity index (χ0n) is 9.38. The molecule has 17 heavy (non-hydrogen) atoms. The number of anilines is 1. The number of halogens is 1. The van der Waals surface area contributed by atoms with Crippen molar-refractivity contribution in [1.82, 2.24) is 14.5 Å². The summed E-state index contributed by atoms with van der Waals surface area (Å²) < 4.78 is 2.18. The van der Waals surface area contributed by atoms with E-state index in [-0.39, 0.29) is 0 Å². The van der Waals surface area contributed by atoms with Crippen molar-refractivity contribution in [2.75, 3.05) is 11.4 Å². The Morgan fingerprint density at radius 1 is 1.29 bits per heavy atom. The molecule has 0 aliphatic carbocycles. The quantitative estimate of drug-likeness (QED) is 0.763. The summed E-state index contributed by atoms with van der Waals surface area (Å²) in [5, 5.41) is 0. The number of hydrogen-bond donors (Lipinski definition) is 0. The zero-order chi connectivity index (χ0) is 11.7. The lowest BCUT2D eigenvalue weighted by molar-refractivity contribution is 0.556. The van der Waals surface area contributed by atoms with Gasteiger partial charge in [-0.05, 0) is 12.1 Å². The summed E-state index contributed by atoms with van der Waals surface area (Å²) >= 11 is 5.80. The first-order valence-corrected chi connectivity index (χ1v) is 6.17. The monoisotopic (exact) mass is 248 g/mol. The van der Waals surface area contributed by atoms with Gasteiger partial charge < -0.3 is 9.47 Å². The SMILES string of the molecule is ClCc1cccc(N2CCn3ccnc3C2)n1. The van der Waals surface area contributed by atoms with Gasteiger partial charge in [-0.1, -0.05) is 6.07 Å². The van der Waals surface area contributed by atoms with Crippen LogP contribution in [0, 0.1) is 0 Å². The number of alkyl halides is 1. The molecular weight excluding hydrogens is 236 g/mol. The molecule has 0 aromatic carbocycles. The lowest BCUT2D eigenvalue weighted by atomic mass is 10.3. The molecule has 0 bridgehead atoms. The first kappa shape index (κ1) is 10.6. The highest BCUT2D eigenvalue weighted by atomic mass is 35.5. The molecule has 88 valence electrons. The van der Waals surface area contributed by atoms with E-state index in [1.807, 2.05) is 30.6 Å². The van der Waals surface area contributed by atoms with E-state index in [9.17, 15) is 0 Å². The van der Waals surface area contributed by atoms with Crippen LogP contribution in [0.5, 0.6) is 0 Å². The van der Waals surface area contributed by atoms with Crippen molar-refractivity contribution in [3.63, 3.8) is 0 Å². The fourth-order valence-electron chi connectivity index (χ4n) is 2.09. The normalized spacial score (nSPS) is 14.8. The minimum Gasteiger partial charge on any atom is -0.347 e. The highest BCUT2D eigenvalue weighted by molar-refractivity contribution is 6.16. The standard InChI is InChI=1S/C12H13ClN4/c13-8-10-2-1-3-11(15-10)17-7-6-16-5-4-14-12(16)9-17/h1-5H,6-9H2. The van der Waals surface area contributed by atoms with Crippen LogP contribution in [0.4, 0.5) is 5.82 Å². The van der Waals surface area contributed by atoms with Crippen LogP contribution in [-0.4, -0.2) is 21.1 Å². The van der Waals surface area contributed by atoms with Gasteiger partial charge in [0.15, 0.2) is 0 Å². The van der Waals surface area contributed by atoms with Gasteiger partial charge in [-0.25, -0.2) is 9.97 Å². The highest BCUT2D eigenvalue weighted by Gasteiger charge is 2.17. The molecule has 3 heterocycles. The van der Waals surface area contributed by atoms with Crippen LogP contribution in [-0.2, 0) is 19.0 Å². The average molecular weight is 249 g/mol. The van der Waals surface area contributed by atoms with Gasteiger partial charge in [0, 0.05) is 25.5 Å². The van der Waals surface area contributed by atoms with E-state index in [4.69, 9.17) is 11.6 Å². The maximum Gasteiger partial charge on any atom is 0.129 e. The van der Waals surface area contributed by atoms with Gasteiger partial charge >= 0.3 is 0 Å². The minimum atomic E-state index is 0.455. The van der Waals surface area contributed by atoms with Crippen LogP contribution in [0.15, 0.2) is 30.6 Å². The van der Waals surface area contributed by atoms with Gasteiger partial charge in [0.05, 0.1) is 18.1 Å². The Labute approximate surface area is 105 Å². The molecule has 3 rings (SSSR count). The lowest BCUT2D eigenvalue weighted by Crippen LogP contribution is -2.34. The highest BCUT2D eigenvalue weighted by Crippen LogP contribution is 2.18. The van der Waals surface area contributed by atoms with E-state index < -0.39 is 0 Å². The smallest absolute Gasteiger partial charge is 0.129 e. The van der Waals surface area contributed by atoms with Crippen LogP contribution in [0.1, 0.15) is 11.5 Å². The number of imidazole rings is 1. The van der Waals surface area contributed by atoms with E-state index >= 15 is 0 Å². The molecule has 4 nitrogen and oxygen atoms in total. The molecule has 0 fully saturated rings. The van der Waals surface area contributed by atoms with E-state index in [0.29, 0.717) is 5.88 Å².